The van der Waals surface area contributed by atoms with Crippen LogP contribution in [0.3, 0.4) is 0 Å². The SMILES string of the molecule is COc1ccc(OC)c(N(CC(=O)N/N=C\c2cccc(Br)c2)S(=O)(=O)c2ccccc2)c1. The first-order valence-corrected chi connectivity index (χ1v) is 12.0. The van der Waals surface area contributed by atoms with Crippen LogP contribution in [0.25, 0.3) is 0 Å². The number of carbonyl (C=O) groups is 1. The summed E-state index contributed by atoms with van der Waals surface area (Å²) in [6.07, 6.45) is 1.46. The van der Waals surface area contributed by atoms with E-state index in [9.17, 15) is 13.2 Å². The highest BCUT2D eigenvalue weighted by Crippen LogP contribution is 2.35. The van der Waals surface area contributed by atoms with Crippen LogP contribution in [0.15, 0.2) is 87.3 Å². The number of nitrogens with zero attached hydrogens (tertiary/aromatic N) is 2. The first-order chi connectivity index (χ1) is 15.8. The molecular weight excluding hydrogens is 510 g/mol. The zero-order valence-electron chi connectivity index (χ0n) is 17.9. The van der Waals surface area contributed by atoms with E-state index >= 15 is 0 Å². The Balaban J connectivity index is 1.93. The fourth-order valence-corrected chi connectivity index (χ4v) is 4.80. The Hall–Kier alpha value is -3.37. The second-order valence-electron chi connectivity index (χ2n) is 6.71. The van der Waals surface area contributed by atoms with Crippen LogP contribution in [-0.4, -0.2) is 41.3 Å². The minimum atomic E-state index is -4.11. The van der Waals surface area contributed by atoms with E-state index in [1.165, 1.54) is 38.6 Å². The number of rotatable bonds is 9. The monoisotopic (exact) mass is 531 g/mol. The van der Waals surface area contributed by atoms with E-state index < -0.39 is 22.5 Å². The van der Waals surface area contributed by atoms with Crippen LogP contribution in [-0.2, 0) is 14.8 Å². The summed E-state index contributed by atoms with van der Waals surface area (Å²) < 4.78 is 39.4. The zero-order chi connectivity index (χ0) is 23.8. The maximum absolute atomic E-state index is 13.5. The topological polar surface area (TPSA) is 97.3 Å². The molecule has 0 aliphatic carbocycles. The number of hydrazone groups is 1. The highest BCUT2D eigenvalue weighted by Gasteiger charge is 2.29. The molecule has 0 saturated carbocycles. The van der Waals surface area contributed by atoms with E-state index in [0.717, 1.165) is 14.3 Å². The average Bonchev–Trinajstić information content (AvgIpc) is 2.82. The number of anilines is 1. The Morgan fingerprint density at radius 1 is 1.03 bits per heavy atom. The molecule has 0 saturated heterocycles. The highest BCUT2D eigenvalue weighted by atomic mass is 79.9. The van der Waals surface area contributed by atoms with Crippen LogP contribution in [0, 0.1) is 0 Å². The van der Waals surface area contributed by atoms with Gasteiger partial charge < -0.3 is 9.47 Å². The molecule has 0 heterocycles. The summed E-state index contributed by atoms with van der Waals surface area (Å²) in [5, 5.41) is 3.94. The fourth-order valence-electron chi connectivity index (χ4n) is 2.94. The van der Waals surface area contributed by atoms with E-state index in [0.29, 0.717) is 5.75 Å². The summed E-state index contributed by atoms with van der Waals surface area (Å²) in [7, 11) is -1.23. The Bertz CT molecular complexity index is 1250. The van der Waals surface area contributed by atoms with E-state index in [2.05, 4.69) is 26.5 Å². The molecule has 10 heteroatoms. The summed E-state index contributed by atoms with van der Waals surface area (Å²) in [5.74, 6) is 0.0403. The Morgan fingerprint density at radius 3 is 2.45 bits per heavy atom. The molecule has 1 amide bonds. The molecule has 1 N–H and O–H groups in total. The van der Waals surface area contributed by atoms with E-state index in [-0.39, 0.29) is 16.3 Å². The number of ether oxygens (including phenoxy) is 2. The molecule has 8 nitrogen and oxygen atoms in total. The molecule has 0 unspecified atom stereocenters. The van der Waals surface area contributed by atoms with E-state index in [1.807, 2.05) is 24.3 Å². The molecule has 0 aromatic heterocycles. The van der Waals surface area contributed by atoms with Crippen molar-refractivity contribution >= 4 is 43.8 Å². The van der Waals surface area contributed by atoms with Gasteiger partial charge in [-0.15, -0.1) is 0 Å². The number of carbonyl (C=O) groups excluding carboxylic acids is 1. The van der Waals surface area contributed by atoms with Crippen molar-refractivity contribution in [3.8, 4) is 11.5 Å². The number of hydrogen-bond donors (Lipinski definition) is 1. The predicted octanol–water partition coefficient (Wildman–Crippen LogP) is 3.81. The normalized spacial score (nSPS) is 11.2. The molecule has 0 bridgehead atoms. The summed E-state index contributed by atoms with van der Waals surface area (Å²) in [6.45, 7) is -0.531. The first kappa shape index (κ1) is 24.3. The van der Waals surface area contributed by atoms with Crippen LogP contribution in [0.1, 0.15) is 5.56 Å². The minimum absolute atomic E-state index is 0.0281. The van der Waals surface area contributed by atoms with Gasteiger partial charge in [0.05, 0.1) is 31.0 Å². The van der Waals surface area contributed by atoms with Gasteiger partial charge in [0.2, 0.25) is 0 Å². The molecule has 0 spiro atoms. The molecule has 33 heavy (non-hydrogen) atoms. The van der Waals surface area contributed by atoms with Gasteiger partial charge in [0.15, 0.2) is 0 Å². The number of hydrogen-bond acceptors (Lipinski definition) is 6. The van der Waals surface area contributed by atoms with E-state index in [4.69, 9.17) is 9.47 Å². The standard InChI is InChI=1S/C23H22BrN3O5S/c1-31-19-11-12-22(32-2)21(14-19)27(33(29,30)20-9-4-3-5-10-20)16-23(28)26-25-15-17-7-6-8-18(24)13-17/h3-15H,16H2,1-2H3,(H,26,28)/b25-15-. The van der Waals surface area contributed by atoms with Crippen molar-refractivity contribution in [3.63, 3.8) is 0 Å². The van der Waals surface area contributed by atoms with Crippen LogP contribution < -0.4 is 19.2 Å². The van der Waals surface area contributed by atoms with Crippen molar-refractivity contribution in [3.05, 3.63) is 82.8 Å². The number of halogens is 1. The van der Waals surface area contributed by atoms with Gasteiger partial charge in [-0.1, -0.05) is 46.3 Å². The lowest BCUT2D eigenvalue weighted by Crippen LogP contribution is -2.39. The second-order valence-corrected chi connectivity index (χ2v) is 9.49. The molecule has 0 atom stereocenters. The molecule has 0 fully saturated rings. The summed E-state index contributed by atoms with van der Waals surface area (Å²) in [4.78, 5) is 12.7. The molecule has 3 aromatic carbocycles. The molecular formula is C23H22BrN3O5S. The van der Waals surface area contributed by atoms with Crippen LogP contribution in [0.2, 0.25) is 0 Å². The molecule has 172 valence electrons. The van der Waals surface area contributed by atoms with Gasteiger partial charge >= 0.3 is 0 Å². The second kappa shape index (κ2) is 11.0. The number of sulfonamides is 1. The smallest absolute Gasteiger partial charge is 0.264 e. The molecule has 0 aliphatic rings. The lowest BCUT2D eigenvalue weighted by molar-refractivity contribution is -0.119. The predicted molar refractivity (Wildman–Crippen MR) is 130 cm³/mol. The quantitative estimate of drug-likeness (QED) is 0.334. The maximum atomic E-state index is 13.5. The zero-order valence-corrected chi connectivity index (χ0v) is 20.3. The van der Waals surface area contributed by atoms with Gasteiger partial charge in [-0.25, -0.2) is 13.8 Å². The van der Waals surface area contributed by atoms with Gasteiger partial charge in [-0.05, 0) is 42.0 Å². The summed E-state index contributed by atoms with van der Waals surface area (Å²) >= 11 is 3.37. The Kier molecular flexibility index (Phi) is 8.07. The number of benzene rings is 3. The van der Waals surface area contributed by atoms with Crippen LogP contribution in [0.4, 0.5) is 5.69 Å². The lowest BCUT2D eigenvalue weighted by atomic mass is 10.2. The third-order valence-electron chi connectivity index (χ3n) is 4.52. The molecule has 3 rings (SSSR count). The number of amides is 1. The summed E-state index contributed by atoms with van der Waals surface area (Å²) in [6, 6.07) is 19.9. The van der Waals surface area contributed by atoms with Gasteiger partial charge in [0, 0.05) is 10.5 Å². The van der Waals surface area contributed by atoms with Crippen LogP contribution >= 0.6 is 15.9 Å². The van der Waals surface area contributed by atoms with Gasteiger partial charge in [-0.2, -0.15) is 5.10 Å². The van der Waals surface area contributed by atoms with Crippen molar-refractivity contribution in [2.45, 2.75) is 4.90 Å². The molecule has 0 aliphatic heterocycles. The van der Waals surface area contributed by atoms with Crippen molar-refractivity contribution in [1.82, 2.24) is 5.43 Å². The van der Waals surface area contributed by atoms with Gasteiger partial charge in [0.1, 0.15) is 18.0 Å². The van der Waals surface area contributed by atoms with Crippen molar-refractivity contribution in [1.29, 1.82) is 0 Å². The highest BCUT2D eigenvalue weighted by molar-refractivity contribution is 9.10. The maximum Gasteiger partial charge on any atom is 0.264 e. The number of nitrogens with one attached hydrogen (secondary N) is 1. The largest absolute Gasteiger partial charge is 0.497 e. The summed E-state index contributed by atoms with van der Waals surface area (Å²) in [5.41, 5.74) is 3.29. The Labute approximate surface area is 201 Å². The first-order valence-electron chi connectivity index (χ1n) is 9.72. The van der Waals surface area contributed by atoms with Gasteiger partial charge in [0.25, 0.3) is 15.9 Å². The lowest BCUT2D eigenvalue weighted by Gasteiger charge is -2.25. The fraction of sp³-hybridized carbons (Fsp3) is 0.130. The van der Waals surface area contributed by atoms with Crippen molar-refractivity contribution in [2.24, 2.45) is 5.10 Å². The molecule has 3 aromatic rings. The van der Waals surface area contributed by atoms with E-state index in [1.54, 1.807) is 30.3 Å². The third kappa shape index (κ3) is 6.11. The average molecular weight is 532 g/mol. The Morgan fingerprint density at radius 2 is 1.79 bits per heavy atom. The van der Waals surface area contributed by atoms with Crippen LogP contribution in [0.5, 0.6) is 11.5 Å². The minimum Gasteiger partial charge on any atom is -0.497 e. The number of methoxy groups -OCH3 is 2. The van der Waals surface area contributed by atoms with Crippen molar-refractivity contribution < 1.29 is 22.7 Å². The molecule has 0 radical (unpaired) electrons. The third-order valence-corrected chi connectivity index (χ3v) is 6.79. The van der Waals surface area contributed by atoms with Gasteiger partial charge in [-0.3, -0.25) is 9.10 Å². The van der Waals surface area contributed by atoms with Crippen molar-refractivity contribution in [2.75, 3.05) is 25.1 Å².